The molecule has 0 spiro atoms. The molecule has 1 N–H and O–H groups in total. The van der Waals surface area contributed by atoms with Crippen molar-refractivity contribution in [2.24, 2.45) is 0 Å². The number of fused-ring (bicyclic) bond motifs is 1. The van der Waals surface area contributed by atoms with Gasteiger partial charge in [0, 0.05) is 25.7 Å². The number of hydrogen-bond acceptors (Lipinski definition) is 4. The molecule has 1 saturated heterocycles. The fraction of sp³-hybridized carbons (Fsp3) is 0.273. The lowest BCUT2D eigenvalue weighted by Crippen LogP contribution is -2.43. The van der Waals surface area contributed by atoms with Crippen molar-refractivity contribution in [2.75, 3.05) is 32.8 Å². The first-order valence-electron chi connectivity index (χ1n) is 9.59. The molecule has 0 unspecified atom stereocenters. The van der Waals surface area contributed by atoms with Crippen molar-refractivity contribution in [3.63, 3.8) is 0 Å². The number of morpholine rings is 1. The summed E-state index contributed by atoms with van der Waals surface area (Å²) in [6, 6.07) is 18.8. The molecule has 1 heterocycles. The van der Waals surface area contributed by atoms with Crippen LogP contribution in [0.4, 0.5) is 4.39 Å². The molecule has 0 aromatic heterocycles. The van der Waals surface area contributed by atoms with E-state index in [-0.39, 0.29) is 23.3 Å². The van der Waals surface area contributed by atoms with Crippen LogP contribution in [0.25, 0.3) is 10.8 Å². The Labute approximate surface area is 170 Å². The van der Waals surface area contributed by atoms with E-state index in [2.05, 4.69) is 9.62 Å². The lowest BCUT2D eigenvalue weighted by atomic mass is 10.0. The number of rotatable bonds is 6. The molecule has 3 aromatic carbocycles. The van der Waals surface area contributed by atoms with Crippen LogP contribution < -0.4 is 4.72 Å². The molecular weight excluding hydrogens is 391 g/mol. The van der Waals surface area contributed by atoms with E-state index in [0.717, 1.165) is 16.3 Å². The molecule has 0 saturated carbocycles. The van der Waals surface area contributed by atoms with Crippen LogP contribution in [-0.2, 0) is 14.8 Å². The topological polar surface area (TPSA) is 58.6 Å². The number of benzene rings is 3. The summed E-state index contributed by atoms with van der Waals surface area (Å²) in [5.41, 5.74) is 0.870. The number of nitrogens with zero attached hydrogens (tertiary/aromatic N) is 1. The molecule has 152 valence electrons. The second-order valence-electron chi connectivity index (χ2n) is 7.08. The summed E-state index contributed by atoms with van der Waals surface area (Å²) in [6.45, 7) is 2.77. The predicted molar refractivity (Wildman–Crippen MR) is 111 cm³/mol. The summed E-state index contributed by atoms with van der Waals surface area (Å²) in [6.07, 6.45) is 0. The first kappa shape index (κ1) is 20.0. The average Bonchev–Trinajstić information content (AvgIpc) is 2.75. The molecular formula is C22H23FN2O3S. The third kappa shape index (κ3) is 4.64. The fourth-order valence-electron chi connectivity index (χ4n) is 3.64. The third-order valence-electron chi connectivity index (χ3n) is 5.24. The number of nitrogens with one attached hydrogen (secondary N) is 1. The first-order valence-corrected chi connectivity index (χ1v) is 11.1. The van der Waals surface area contributed by atoms with Crippen LogP contribution in [-0.4, -0.2) is 46.2 Å². The van der Waals surface area contributed by atoms with Crippen LogP contribution in [0.15, 0.2) is 71.6 Å². The predicted octanol–water partition coefficient (Wildman–Crippen LogP) is 3.33. The maximum absolute atomic E-state index is 13.4. The van der Waals surface area contributed by atoms with Gasteiger partial charge in [0.1, 0.15) is 5.82 Å². The van der Waals surface area contributed by atoms with Gasteiger partial charge in [-0.25, -0.2) is 17.5 Å². The van der Waals surface area contributed by atoms with Gasteiger partial charge in [-0.05, 0) is 40.6 Å². The van der Waals surface area contributed by atoms with Crippen LogP contribution >= 0.6 is 0 Å². The maximum Gasteiger partial charge on any atom is 0.240 e. The highest BCUT2D eigenvalue weighted by Gasteiger charge is 2.25. The summed E-state index contributed by atoms with van der Waals surface area (Å²) in [7, 11) is -3.68. The van der Waals surface area contributed by atoms with Gasteiger partial charge in [0.15, 0.2) is 0 Å². The molecule has 4 rings (SSSR count). The summed E-state index contributed by atoms with van der Waals surface area (Å²) in [4.78, 5) is 2.40. The lowest BCUT2D eigenvalue weighted by molar-refractivity contribution is 0.0172. The molecule has 29 heavy (non-hydrogen) atoms. The second kappa shape index (κ2) is 8.59. The summed E-state index contributed by atoms with van der Waals surface area (Å²) in [5.74, 6) is -0.314. The Morgan fingerprint density at radius 1 is 0.966 bits per heavy atom. The number of hydrogen-bond donors (Lipinski definition) is 1. The highest BCUT2D eigenvalue weighted by atomic mass is 32.2. The van der Waals surface area contributed by atoms with E-state index in [1.165, 1.54) is 12.1 Å². The van der Waals surface area contributed by atoms with E-state index >= 15 is 0 Å². The molecule has 1 fully saturated rings. The van der Waals surface area contributed by atoms with Gasteiger partial charge >= 0.3 is 0 Å². The quantitative estimate of drug-likeness (QED) is 0.672. The van der Waals surface area contributed by atoms with Gasteiger partial charge in [0.2, 0.25) is 10.0 Å². The van der Waals surface area contributed by atoms with E-state index < -0.39 is 10.0 Å². The van der Waals surface area contributed by atoms with Gasteiger partial charge in [-0.15, -0.1) is 0 Å². The molecule has 0 radical (unpaired) electrons. The molecule has 1 aliphatic rings. The minimum Gasteiger partial charge on any atom is -0.379 e. The number of sulfonamides is 1. The Morgan fingerprint density at radius 3 is 2.38 bits per heavy atom. The maximum atomic E-state index is 13.4. The van der Waals surface area contributed by atoms with E-state index in [0.29, 0.717) is 26.3 Å². The van der Waals surface area contributed by atoms with E-state index in [9.17, 15) is 12.8 Å². The molecule has 0 amide bonds. The Balaban J connectivity index is 1.57. The van der Waals surface area contributed by atoms with Crippen LogP contribution in [0.3, 0.4) is 0 Å². The zero-order chi connectivity index (χ0) is 20.3. The van der Waals surface area contributed by atoms with Gasteiger partial charge in [-0.1, -0.05) is 42.5 Å². The van der Waals surface area contributed by atoms with Crippen molar-refractivity contribution in [1.29, 1.82) is 0 Å². The van der Waals surface area contributed by atoms with Crippen LogP contribution in [0, 0.1) is 5.82 Å². The molecule has 0 bridgehead atoms. The highest BCUT2D eigenvalue weighted by Crippen LogP contribution is 2.23. The Hall–Kier alpha value is -2.32. The average molecular weight is 415 g/mol. The SMILES string of the molecule is O=S(=O)(NC[C@H](c1ccc(F)cc1)N1CCOCC1)c1ccc2ccccc2c1. The van der Waals surface area contributed by atoms with Crippen molar-refractivity contribution in [2.45, 2.75) is 10.9 Å². The van der Waals surface area contributed by atoms with Gasteiger partial charge in [-0.3, -0.25) is 4.90 Å². The molecule has 1 aliphatic heterocycles. The van der Waals surface area contributed by atoms with Gasteiger partial charge in [-0.2, -0.15) is 0 Å². The monoisotopic (exact) mass is 414 g/mol. The van der Waals surface area contributed by atoms with E-state index in [1.807, 2.05) is 30.3 Å². The van der Waals surface area contributed by atoms with Gasteiger partial charge in [0.05, 0.1) is 18.1 Å². The lowest BCUT2D eigenvalue weighted by Gasteiger charge is -2.34. The molecule has 3 aromatic rings. The zero-order valence-corrected chi connectivity index (χ0v) is 16.7. The minimum absolute atomic E-state index is 0.195. The zero-order valence-electron chi connectivity index (χ0n) is 15.9. The first-order chi connectivity index (χ1) is 14.0. The normalized spacial score (nSPS) is 16.7. The molecule has 0 aliphatic carbocycles. The summed E-state index contributed by atoms with van der Waals surface area (Å²) >= 11 is 0. The van der Waals surface area contributed by atoms with Crippen LogP contribution in [0.1, 0.15) is 11.6 Å². The fourth-order valence-corrected chi connectivity index (χ4v) is 4.71. The number of halogens is 1. The highest BCUT2D eigenvalue weighted by molar-refractivity contribution is 7.89. The van der Waals surface area contributed by atoms with E-state index in [4.69, 9.17) is 4.74 Å². The standard InChI is InChI=1S/C22H23FN2O3S/c23-20-8-5-18(6-9-20)22(25-11-13-28-14-12-25)16-24-29(26,27)21-10-7-17-3-1-2-4-19(17)15-21/h1-10,15,22,24H,11-14,16H2/t22-/m1/s1. The van der Waals surface area contributed by atoms with Gasteiger partial charge < -0.3 is 4.74 Å². The Morgan fingerprint density at radius 2 is 1.66 bits per heavy atom. The summed E-state index contributed by atoms with van der Waals surface area (Å²) in [5, 5.41) is 1.86. The van der Waals surface area contributed by atoms with Crippen molar-refractivity contribution in [1.82, 2.24) is 9.62 Å². The Bertz CT molecular complexity index is 1080. The molecule has 7 heteroatoms. The van der Waals surface area contributed by atoms with Crippen molar-refractivity contribution >= 4 is 20.8 Å². The summed E-state index contributed by atoms with van der Waals surface area (Å²) < 4.78 is 47.4. The van der Waals surface area contributed by atoms with Crippen LogP contribution in [0.5, 0.6) is 0 Å². The van der Waals surface area contributed by atoms with Gasteiger partial charge in [0.25, 0.3) is 0 Å². The number of ether oxygens (including phenoxy) is 1. The largest absolute Gasteiger partial charge is 0.379 e. The van der Waals surface area contributed by atoms with Crippen LogP contribution in [0.2, 0.25) is 0 Å². The van der Waals surface area contributed by atoms with E-state index in [1.54, 1.807) is 24.3 Å². The van der Waals surface area contributed by atoms with Crippen molar-refractivity contribution < 1.29 is 17.5 Å². The molecule has 5 nitrogen and oxygen atoms in total. The minimum atomic E-state index is -3.68. The molecule has 1 atom stereocenters. The van der Waals surface area contributed by atoms with Crippen molar-refractivity contribution in [3.8, 4) is 0 Å². The van der Waals surface area contributed by atoms with Crippen molar-refractivity contribution in [3.05, 3.63) is 78.1 Å². The second-order valence-corrected chi connectivity index (χ2v) is 8.84. The third-order valence-corrected chi connectivity index (χ3v) is 6.66. The smallest absolute Gasteiger partial charge is 0.240 e. The Kier molecular flexibility index (Phi) is 5.91.